The minimum atomic E-state index is -0.305. The van der Waals surface area contributed by atoms with Gasteiger partial charge in [0.25, 0.3) is 5.91 Å². The maximum absolute atomic E-state index is 11.7. The van der Waals surface area contributed by atoms with Crippen LogP contribution in [0.25, 0.3) is 11.0 Å². The molecule has 0 unspecified atom stereocenters. The van der Waals surface area contributed by atoms with Crippen LogP contribution in [-0.4, -0.2) is 18.4 Å². The van der Waals surface area contributed by atoms with Crippen molar-refractivity contribution in [3.63, 3.8) is 0 Å². The molecule has 124 valence electrons. The molecule has 1 amide bonds. The maximum atomic E-state index is 11.7. The Kier molecular flexibility index (Phi) is 5.28. The van der Waals surface area contributed by atoms with Crippen molar-refractivity contribution in [2.75, 3.05) is 6.54 Å². The molecule has 0 fully saturated rings. The van der Waals surface area contributed by atoms with Crippen molar-refractivity contribution in [2.24, 2.45) is 0 Å². The molecule has 0 radical (unpaired) electrons. The summed E-state index contributed by atoms with van der Waals surface area (Å²) in [7, 11) is 0. The van der Waals surface area contributed by atoms with Crippen LogP contribution >= 0.6 is 11.3 Å². The highest BCUT2D eigenvalue weighted by atomic mass is 32.1. The van der Waals surface area contributed by atoms with Gasteiger partial charge in [0.2, 0.25) is 0 Å². The van der Waals surface area contributed by atoms with E-state index in [-0.39, 0.29) is 24.9 Å². The number of carbonyl (C=O) groups excluding carboxylic acids is 2. The van der Waals surface area contributed by atoms with E-state index in [9.17, 15) is 9.59 Å². The lowest BCUT2D eigenvalue weighted by Gasteiger charge is -2.04. The zero-order chi connectivity index (χ0) is 16.8. The Morgan fingerprint density at radius 2 is 2.08 bits per heavy atom. The van der Waals surface area contributed by atoms with E-state index in [2.05, 4.69) is 5.32 Å². The Bertz CT molecular complexity index is 790. The van der Waals surface area contributed by atoms with Gasteiger partial charge in [0.15, 0.2) is 0 Å². The Morgan fingerprint density at radius 3 is 2.88 bits per heavy atom. The van der Waals surface area contributed by atoms with Crippen molar-refractivity contribution in [3.05, 3.63) is 58.5 Å². The highest BCUT2D eigenvalue weighted by Gasteiger charge is 2.08. The molecule has 0 saturated carbocycles. The summed E-state index contributed by atoms with van der Waals surface area (Å²) in [6.07, 6.45) is 0.791. The fourth-order valence-corrected chi connectivity index (χ4v) is 2.90. The molecule has 3 aromatic rings. The summed E-state index contributed by atoms with van der Waals surface area (Å²) in [5, 5.41) is 7.40. The Morgan fingerprint density at radius 1 is 1.21 bits per heavy atom. The van der Waals surface area contributed by atoms with Crippen molar-refractivity contribution in [3.8, 4) is 0 Å². The Labute approximate surface area is 143 Å². The van der Waals surface area contributed by atoms with Crippen LogP contribution in [-0.2, 0) is 16.1 Å². The third-order valence-electron chi connectivity index (χ3n) is 3.48. The molecular formula is C18H17NO4S. The maximum Gasteiger partial charge on any atom is 0.306 e. The molecule has 1 aromatic carbocycles. The number of hydrogen-bond acceptors (Lipinski definition) is 5. The molecule has 0 aliphatic heterocycles. The van der Waals surface area contributed by atoms with E-state index in [1.165, 1.54) is 11.3 Å². The molecule has 24 heavy (non-hydrogen) atoms. The van der Waals surface area contributed by atoms with Gasteiger partial charge in [0.1, 0.15) is 18.0 Å². The molecule has 0 spiro atoms. The number of fused-ring (bicyclic) bond motifs is 1. The predicted octanol–water partition coefficient (Wildman–Crippen LogP) is 3.75. The third-order valence-corrected chi connectivity index (χ3v) is 4.16. The van der Waals surface area contributed by atoms with Crippen molar-refractivity contribution in [2.45, 2.75) is 19.4 Å². The molecule has 0 aliphatic carbocycles. The van der Waals surface area contributed by atoms with E-state index in [0.717, 1.165) is 11.0 Å². The molecular weight excluding hydrogens is 326 g/mol. The van der Waals surface area contributed by atoms with Crippen molar-refractivity contribution >= 4 is 34.2 Å². The fraction of sp³-hybridized carbons (Fsp3) is 0.222. The zero-order valence-electron chi connectivity index (χ0n) is 13.0. The number of nitrogens with one attached hydrogen (secondary N) is 1. The van der Waals surface area contributed by atoms with Crippen LogP contribution in [0.4, 0.5) is 0 Å². The average Bonchev–Trinajstić information content (AvgIpc) is 3.25. The molecule has 3 rings (SSSR count). The van der Waals surface area contributed by atoms with Gasteiger partial charge in [-0.2, -0.15) is 11.3 Å². The van der Waals surface area contributed by atoms with Gasteiger partial charge in [-0.1, -0.05) is 18.2 Å². The van der Waals surface area contributed by atoms with Crippen LogP contribution in [0, 0.1) is 0 Å². The number of para-hydroxylation sites is 1. The SMILES string of the molecule is O=C(CCCNC(=O)c1ccsc1)OCc1cc2ccccc2o1. The topological polar surface area (TPSA) is 68.5 Å². The van der Waals surface area contributed by atoms with Crippen LogP contribution < -0.4 is 5.32 Å². The number of carbonyl (C=O) groups is 2. The molecule has 2 aromatic heterocycles. The van der Waals surface area contributed by atoms with Gasteiger partial charge >= 0.3 is 5.97 Å². The summed E-state index contributed by atoms with van der Waals surface area (Å²) in [6.45, 7) is 0.559. The summed E-state index contributed by atoms with van der Waals surface area (Å²) in [5.41, 5.74) is 1.42. The van der Waals surface area contributed by atoms with Gasteiger partial charge < -0.3 is 14.5 Å². The van der Waals surface area contributed by atoms with Gasteiger partial charge in [-0.05, 0) is 30.0 Å². The third kappa shape index (κ3) is 4.23. The second kappa shape index (κ2) is 7.79. The van der Waals surface area contributed by atoms with E-state index in [1.54, 1.807) is 11.4 Å². The standard InChI is InChI=1S/C18H17NO4S/c20-17(6-3-8-19-18(21)14-7-9-24-12-14)22-11-15-10-13-4-1-2-5-16(13)23-15/h1-2,4-5,7,9-10,12H,3,6,8,11H2,(H,19,21). The first kappa shape index (κ1) is 16.3. The monoisotopic (exact) mass is 343 g/mol. The van der Waals surface area contributed by atoms with Gasteiger partial charge in [0, 0.05) is 29.3 Å². The van der Waals surface area contributed by atoms with E-state index in [0.29, 0.717) is 24.3 Å². The number of thiophene rings is 1. The minimum Gasteiger partial charge on any atom is -0.457 e. The number of amides is 1. The summed E-state index contributed by atoms with van der Waals surface area (Å²) in [6, 6.07) is 11.3. The van der Waals surface area contributed by atoms with Crippen molar-refractivity contribution < 1.29 is 18.7 Å². The van der Waals surface area contributed by atoms with Gasteiger partial charge in [-0.3, -0.25) is 9.59 Å². The number of rotatable bonds is 7. The normalized spacial score (nSPS) is 10.7. The molecule has 6 heteroatoms. The van der Waals surface area contributed by atoms with E-state index in [1.807, 2.05) is 35.7 Å². The molecule has 2 heterocycles. The Hall–Kier alpha value is -2.60. The van der Waals surface area contributed by atoms with Crippen molar-refractivity contribution in [1.29, 1.82) is 0 Å². The summed E-state index contributed by atoms with van der Waals surface area (Å²) >= 11 is 1.47. The average molecular weight is 343 g/mol. The van der Waals surface area contributed by atoms with Crippen LogP contribution in [0.15, 0.2) is 51.6 Å². The molecule has 1 N–H and O–H groups in total. The fourth-order valence-electron chi connectivity index (χ4n) is 2.26. The van der Waals surface area contributed by atoms with Crippen LogP contribution in [0.1, 0.15) is 29.0 Å². The molecule has 0 aliphatic rings. The first-order valence-electron chi connectivity index (χ1n) is 7.66. The lowest BCUT2D eigenvalue weighted by molar-refractivity contribution is -0.145. The summed E-state index contributed by atoms with van der Waals surface area (Å²) < 4.78 is 10.8. The second-order valence-electron chi connectivity index (χ2n) is 5.28. The number of ether oxygens (including phenoxy) is 1. The zero-order valence-corrected chi connectivity index (χ0v) is 13.8. The molecule has 5 nitrogen and oxygen atoms in total. The van der Waals surface area contributed by atoms with Crippen LogP contribution in [0.5, 0.6) is 0 Å². The summed E-state index contributed by atoms with van der Waals surface area (Å²) in [5.74, 6) is 0.197. The molecule has 0 saturated heterocycles. The molecule has 0 bridgehead atoms. The first-order valence-corrected chi connectivity index (χ1v) is 8.60. The highest BCUT2D eigenvalue weighted by Crippen LogP contribution is 2.19. The smallest absolute Gasteiger partial charge is 0.306 e. The largest absolute Gasteiger partial charge is 0.457 e. The van der Waals surface area contributed by atoms with Crippen LogP contribution in [0.3, 0.4) is 0 Å². The lowest BCUT2D eigenvalue weighted by atomic mass is 10.2. The number of benzene rings is 1. The minimum absolute atomic E-state index is 0.119. The number of esters is 1. The number of hydrogen-bond donors (Lipinski definition) is 1. The number of furan rings is 1. The first-order chi connectivity index (χ1) is 11.7. The predicted molar refractivity (Wildman–Crippen MR) is 91.9 cm³/mol. The van der Waals surface area contributed by atoms with Gasteiger partial charge in [-0.25, -0.2) is 0 Å². The second-order valence-corrected chi connectivity index (χ2v) is 6.06. The Balaban J connectivity index is 1.36. The quantitative estimate of drug-likeness (QED) is 0.524. The van der Waals surface area contributed by atoms with Crippen LogP contribution in [0.2, 0.25) is 0 Å². The van der Waals surface area contributed by atoms with E-state index < -0.39 is 0 Å². The van der Waals surface area contributed by atoms with E-state index >= 15 is 0 Å². The lowest BCUT2D eigenvalue weighted by Crippen LogP contribution is -2.24. The van der Waals surface area contributed by atoms with Gasteiger partial charge in [0.05, 0.1) is 0 Å². The van der Waals surface area contributed by atoms with E-state index in [4.69, 9.17) is 9.15 Å². The van der Waals surface area contributed by atoms with Crippen molar-refractivity contribution in [1.82, 2.24) is 5.32 Å². The molecule has 0 atom stereocenters. The van der Waals surface area contributed by atoms with Gasteiger partial charge in [-0.15, -0.1) is 0 Å². The highest BCUT2D eigenvalue weighted by molar-refractivity contribution is 7.08. The summed E-state index contributed by atoms with van der Waals surface area (Å²) in [4.78, 5) is 23.4.